The van der Waals surface area contributed by atoms with Gasteiger partial charge in [-0.15, -0.1) is 0 Å². The zero-order valence-corrected chi connectivity index (χ0v) is 7.19. The van der Waals surface area contributed by atoms with Crippen molar-refractivity contribution in [3.8, 4) is 0 Å². The van der Waals surface area contributed by atoms with Crippen LogP contribution in [0.3, 0.4) is 0 Å². The lowest BCUT2D eigenvalue weighted by Crippen LogP contribution is -2.31. The van der Waals surface area contributed by atoms with Crippen LogP contribution in [0.1, 0.15) is 26.7 Å². The first-order valence-corrected chi connectivity index (χ1v) is 4.18. The van der Waals surface area contributed by atoms with Crippen molar-refractivity contribution < 1.29 is 4.79 Å². The summed E-state index contributed by atoms with van der Waals surface area (Å²) < 4.78 is 0. The van der Waals surface area contributed by atoms with E-state index in [-0.39, 0.29) is 11.2 Å². The van der Waals surface area contributed by atoms with Crippen molar-refractivity contribution in [3.05, 3.63) is 0 Å². The van der Waals surface area contributed by atoms with Gasteiger partial charge in [-0.2, -0.15) is 0 Å². The van der Waals surface area contributed by atoms with Crippen molar-refractivity contribution in [2.45, 2.75) is 26.7 Å². The molecule has 0 heterocycles. The van der Waals surface area contributed by atoms with E-state index in [1.54, 1.807) is 0 Å². The molecule has 0 radical (unpaired) electrons. The van der Waals surface area contributed by atoms with Gasteiger partial charge in [0.2, 0.25) is 5.24 Å². The van der Waals surface area contributed by atoms with E-state index in [1.165, 1.54) is 0 Å². The Kier molecular flexibility index (Phi) is 2.35. The Morgan fingerprint density at radius 1 is 1.50 bits per heavy atom. The maximum Gasteiger partial charge on any atom is 0.224 e. The minimum atomic E-state index is -0.142. The van der Waals surface area contributed by atoms with Gasteiger partial charge in [0.05, 0.1) is 0 Å². The van der Waals surface area contributed by atoms with Crippen LogP contribution in [0.2, 0.25) is 0 Å². The fraction of sp³-hybridized carbons (Fsp3) is 0.875. The predicted molar refractivity (Wildman–Crippen MR) is 41.9 cm³/mol. The first-order chi connectivity index (χ1) is 4.61. The van der Waals surface area contributed by atoms with E-state index in [9.17, 15) is 4.79 Å². The maximum atomic E-state index is 10.6. The molecular weight excluding hydrogens is 148 g/mol. The second-order valence-corrected chi connectivity index (χ2v) is 3.85. The number of hydrogen-bond donors (Lipinski definition) is 0. The Hall–Kier alpha value is -0.0400. The van der Waals surface area contributed by atoms with Gasteiger partial charge in [0.1, 0.15) is 0 Å². The minimum Gasteiger partial charge on any atom is -0.281 e. The molecule has 0 bridgehead atoms. The van der Waals surface area contributed by atoms with Crippen molar-refractivity contribution >= 4 is 16.8 Å². The van der Waals surface area contributed by atoms with Crippen LogP contribution in [-0.2, 0) is 4.79 Å². The minimum absolute atomic E-state index is 0.142. The number of halogens is 1. The molecule has 0 aromatic heterocycles. The second-order valence-electron chi connectivity index (χ2n) is 3.48. The molecule has 10 heavy (non-hydrogen) atoms. The van der Waals surface area contributed by atoms with Crippen LogP contribution in [0.5, 0.6) is 0 Å². The first-order valence-electron chi connectivity index (χ1n) is 3.80. The van der Waals surface area contributed by atoms with Crippen molar-refractivity contribution in [2.75, 3.05) is 0 Å². The van der Waals surface area contributed by atoms with Crippen LogP contribution in [0.4, 0.5) is 0 Å². The van der Waals surface area contributed by atoms with Gasteiger partial charge in [0, 0.05) is 5.92 Å². The zero-order valence-electron chi connectivity index (χ0n) is 6.43. The molecule has 0 aromatic carbocycles. The van der Waals surface area contributed by atoms with E-state index in [4.69, 9.17) is 11.6 Å². The number of rotatable bonds is 2. The quantitative estimate of drug-likeness (QED) is 0.568. The molecule has 1 nitrogen and oxygen atoms in total. The molecule has 1 saturated carbocycles. The smallest absolute Gasteiger partial charge is 0.224 e. The highest BCUT2D eigenvalue weighted by molar-refractivity contribution is 6.64. The number of hydrogen-bond acceptors (Lipinski definition) is 1. The molecule has 1 aliphatic rings. The van der Waals surface area contributed by atoms with Crippen LogP contribution in [0.25, 0.3) is 0 Å². The van der Waals surface area contributed by atoms with Crippen molar-refractivity contribution in [2.24, 2.45) is 17.8 Å². The summed E-state index contributed by atoms with van der Waals surface area (Å²) in [5.41, 5.74) is 0. The van der Waals surface area contributed by atoms with Gasteiger partial charge in [-0.05, 0) is 36.3 Å². The average molecular weight is 161 g/mol. The molecule has 0 aromatic rings. The highest BCUT2D eigenvalue weighted by Crippen LogP contribution is 2.39. The van der Waals surface area contributed by atoms with Gasteiger partial charge in [-0.3, -0.25) is 4.79 Å². The van der Waals surface area contributed by atoms with Crippen LogP contribution in [-0.4, -0.2) is 5.24 Å². The van der Waals surface area contributed by atoms with E-state index < -0.39 is 0 Å². The summed E-state index contributed by atoms with van der Waals surface area (Å²) >= 11 is 5.31. The lowest BCUT2D eigenvalue weighted by atomic mass is 9.70. The average Bonchev–Trinajstić information content (AvgIpc) is 1.56. The SMILES string of the molecule is CC(C)C1CC(C(=O)Cl)C1. The Bertz CT molecular complexity index is 136. The molecule has 58 valence electrons. The molecular formula is C8H13ClO. The van der Waals surface area contributed by atoms with E-state index in [0.29, 0.717) is 5.92 Å². The van der Waals surface area contributed by atoms with Crippen molar-refractivity contribution in [3.63, 3.8) is 0 Å². The third-order valence-electron chi connectivity index (χ3n) is 2.44. The fourth-order valence-electron chi connectivity index (χ4n) is 1.39. The molecule has 0 unspecified atom stereocenters. The summed E-state index contributed by atoms with van der Waals surface area (Å²) in [5.74, 6) is 1.63. The molecule has 0 spiro atoms. The fourth-order valence-corrected chi connectivity index (χ4v) is 1.57. The van der Waals surface area contributed by atoms with Gasteiger partial charge >= 0.3 is 0 Å². The highest BCUT2D eigenvalue weighted by atomic mass is 35.5. The van der Waals surface area contributed by atoms with Crippen LogP contribution in [0.15, 0.2) is 0 Å². The molecule has 1 aliphatic carbocycles. The third kappa shape index (κ3) is 1.51. The molecule has 0 N–H and O–H groups in total. The largest absolute Gasteiger partial charge is 0.281 e. The van der Waals surface area contributed by atoms with E-state index in [1.807, 2.05) is 0 Å². The van der Waals surface area contributed by atoms with Gasteiger partial charge in [-0.1, -0.05) is 13.8 Å². The monoisotopic (exact) mass is 160 g/mol. The Balaban J connectivity index is 2.24. The van der Waals surface area contributed by atoms with Crippen LogP contribution >= 0.6 is 11.6 Å². The molecule has 0 atom stereocenters. The highest BCUT2D eigenvalue weighted by Gasteiger charge is 2.34. The Morgan fingerprint density at radius 3 is 2.30 bits per heavy atom. The standard InChI is InChI=1S/C8H13ClO/c1-5(2)6-3-7(4-6)8(9)10/h5-7H,3-4H2,1-2H3. The summed E-state index contributed by atoms with van der Waals surface area (Å²) in [6.45, 7) is 4.39. The molecule has 0 saturated heterocycles. The maximum absolute atomic E-state index is 10.6. The van der Waals surface area contributed by atoms with Crippen molar-refractivity contribution in [1.82, 2.24) is 0 Å². The Labute approximate surface area is 66.8 Å². The first kappa shape index (κ1) is 8.06. The predicted octanol–water partition coefficient (Wildman–Crippen LogP) is 2.43. The summed E-state index contributed by atoms with van der Waals surface area (Å²) in [7, 11) is 0. The van der Waals surface area contributed by atoms with Gasteiger partial charge < -0.3 is 0 Å². The molecule has 2 heteroatoms. The van der Waals surface area contributed by atoms with Crippen molar-refractivity contribution in [1.29, 1.82) is 0 Å². The zero-order chi connectivity index (χ0) is 7.72. The summed E-state index contributed by atoms with van der Waals surface area (Å²) in [6, 6.07) is 0. The van der Waals surface area contributed by atoms with Gasteiger partial charge in [0.15, 0.2) is 0 Å². The summed E-state index contributed by atoms with van der Waals surface area (Å²) in [4.78, 5) is 10.6. The van der Waals surface area contributed by atoms with Crippen LogP contribution < -0.4 is 0 Å². The lowest BCUT2D eigenvalue weighted by Gasteiger charge is -2.35. The molecule has 1 fully saturated rings. The summed E-state index contributed by atoms with van der Waals surface area (Å²) in [6.07, 6.45) is 2.03. The van der Waals surface area contributed by atoms with Gasteiger partial charge in [-0.25, -0.2) is 0 Å². The van der Waals surface area contributed by atoms with E-state index >= 15 is 0 Å². The summed E-state index contributed by atoms with van der Waals surface area (Å²) in [5, 5.41) is -0.142. The molecule has 0 aliphatic heterocycles. The molecule has 1 rings (SSSR count). The van der Waals surface area contributed by atoms with E-state index in [2.05, 4.69) is 13.8 Å². The second kappa shape index (κ2) is 2.91. The van der Waals surface area contributed by atoms with Crippen LogP contribution in [0, 0.1) is 17.8 Å². The molecule has 0 amide bonds. The number of carbonyl (C=O) groups excluding carboxylic acids is 1. The normalized spacial score (nSPS) is 32.0. The van der Waals surface area contributed by atoms with E-state index in [0.717, 1.165) is 18.8 Å². The van der Waals surface area contributed by atoms with Gasteiger partial charge in [0.25, 0.3) is 0 Å². The lowest BCUT2D eigenvalue weighted by molar-refractivity contribution is -0.119. The third-order valence-corrected chi connectivity index (χ3v) is 2.75. The number of carbonyl (C=O) groups is 1. The topological polar surface area (TPSA) is 17.1 Å². The Morgan fingerprint density at radius 2 is 2.00 bits per heavy atom.